The highest BCUT2D eigenvalue weighted by Crippen LogP contribution is 2.38. The summed E-state index contributed by atoms with van der Waals surface area (Å²) < 4.78 is 39.7. The highest BCUT2D eigenvalue weighted by atomic mass is 19.1. The number of anilines is 1. The van der Waals surface area contributed by atoms with Crippen LogP contribution in [-0.2, 0) is 11.3 Å². The summed E-state index contributed by atoms with van der Waals surface area (Å²) in [6.45, 7) is 5.12. The van der Waals surface area contributed by atoms with Crippen molar-refractivity contribution >= 4 is 22.5 Å². The molecule has 6 rings (SSSR count). The molecule has 0 spiro atoms. The molecule has 2 aromatic heterocycles. The molecule has 11 heteroatoms. The van der Waals surface area contributed by atoms with Crippen molar-refractivity contribution in [2.45, 2.75) is 13.0 Å². The van der Waals surface area contributed by atoms with E-state index >= 15 is 4.39 Å². The molecule has 3 aromatic carbocycles. The number of ether oxygens (including phenoxy) is 4. The summed E-state index contributed by atoms with van der Waals surface area (Å²) in [5, 5.41) is 3.22. The van der Waals surface area contributed by atoms with Crippen LogP contribution in [0.3, 0.4) is 0 Å². The Morgan fingerprint density at radius 2 is 1.79 bits per heavy atom. The van der Waals surface area contributed by atoms with Crippen LogP contribution in [0.5, 0.6) is 23.0 Å². The molecule has 1 aliphatic heterocycles. The minimum atomic E-state index is -0.700. The van der Waals surface area contributed by atoms with Gasteiger partial charge in [-0.25, -0.2) is 4.39 Å². The molecular weight excluding hydrogens is 603 g/mol. The number of morpholine rings is 1. The summed E-state index contributed by atoms with van der Waals surface area (Å²) in [5.41, 5.74) is 1.19. The maximum Gasteiger partial charge on any atom is 0.263 e. The van der Waals surface area contributed by atoms with Gasteiger partial charge in [0.15, 0.2) is 23.1 Å². The van der Waals surface area contributed by atoms with Gasteiger partial charge in [0.2, 0.25) is 0 Å². The molecule has 1 saturated heterocycles. The molecule has 1 aliphatic rings. The Hall–Kier alpha value is -5.26. The second-order valence-electron chi connectivity index (χ2n) is 11.0. The standard InChI is InChI=1S/C36H35FN4O6/c1-44-33-22-28-30(23-34(33)46-18-6-14-40-16-19-45-20-17-40)38-13-12-31(28)47-32-11-10-26(21-29(32)37)39-35(42)27-9-5-15-41(36(27)43)24-25-7-3-2-4-8-25/h2-5,7-13,15,21-23H,6,14,16-20,24H2,1H3,(H,39,42). The smallest absolute Gasteiger partial charge is 0.263 e. The largest absolute Gasteiger partial charge is 0.493 e. The fourth-order valence-corrected chi connectivity index (χ4v) is 5.38. The van der Waals surface area contributed by atoms with E-state index in [1.165, 1.54) is 22.8 Å². The van der Waals surface area contributed by atoms with Crippen LogP contribution in [0.2, 0.25) is 0 Å². The lowest BCUT2D eigenvalue weighted by Crippen LogP contribution is -2.37. The molecule has 0 radical (unpaired) electrons. The molecule has 0 aliphatic carbocycles. The number of amides is 1. The van der Waals surface area contributed by atoms with Crippen molar-refractivity contribution in [1.29, 1.82) is 0 Å². The molecule has 0 bridgehead atoms. The number of hydrogen-bond donors (Lipinski definition) is 1. The second-order valence-corrected chi connectivity index (χ2v) is 11.0. The number of carbonyl (C=O) groups is 1. The summed E-state index contributed by atoms with van der Waals surface area (Å²) in [7, 11) is 1.55. The van der Waals surface area contributed by atoms with Gasteiger partial charge in [0.1, 0.15) is 11.3 Å². The van der Waals surface area contributed by atoms with Gasteiger partial charge in [0.25, 0.3) is 11.5 Å². The quantitative estimate of drug-likeness (QED) is 0.173. The zero-order chi connectivity index (χ0) is 32.6. The van der Waals surface area contributed by atoms with E-state index in [1.807, 2.05) is 30.3 Å². The van der Waals surface area contributed by atoms with Gasteiger partial charge in [-0.1, -0.05) is 30.3 Å². The minimum Gasteiger partial charge on any atom is -0.493 e. The molecule has 5 aromatic rings. The van der Waals surface area contributed by atoms with Crippen LogP contribution in [0.1, 0.15) is 22.3 Å². The average Bonchev–Trinajstić information content (AvgIpc) is 3.09. The van der Waals surface area contributed by atoms with Crippen LogP contribution in [0.15, 0.2) is 96.1 Å². The average molecular weight is 639 g/mol. The van der Waals surface area contributed by atoms with Crippen molar-refractivity contribution < 1.29 is 28.1 Å². The molecule has 1 fully saturated rings. The third-order valence-corrected chi connectivity index (χ3v) is 7.84. The molecule has 0 saturated carbocycles. The van der Waals surface area contributed by atoms with Gasteiger partial charge in [0.05, 0.1) is 39.0 Å². The predicted molar refractivity (Wildman–Crippen MR) is 176 cm³/mol. The Morgan fingerprint density at radius 1 is 0.957 bits per heavy atom. The number of methoxy groups -OCH3 is 1. The lowest BCUT2D eigenvalue weighted by molar-refractivity contribution is 0.0357. The predicted octanol–water partition coefficient (Wildman–Crippen LogP) is 5.74. The first-order valence-electron chi connectivity index (χ1n) is 15.4. The summed E-state index contributed by atoms with van der Waals surface area (Å²) in [5.74, 6) is 0.0346. The lowest BCUT2D eigenvalue weighted by Gasteiger charge is -2.26. The Balaban J connectivity index is 1.13. The van der Waals surface area contributed by atoms with Gasteiger partial charge in [-0.05, 0) is 48.4 Å². The van der Waals surface area contributed by atoms with Gasteiger partial charge in [0, 0.05) is 55.2 Å². The first-order valence-corrected chi connectivity index (χ1v) is 15.4. The topological polar surface area (TPSA) is 104 Å². The fourth-order valence-electron chi connectivity index (χ4n) is 5.38. The zero-order valence-electron chi connectivity index (χ0n) is 26.0. The number of fused-ring (bicyclic) bond motifs is 1. The third-order valence-electron chi connectivity index (χ3n) is 7.84. The van der Waals surface area contributed by atoms with Crippen LogP contribution in [0.25, 0.3) is 10.9 Å². The number of hydrogen-bond acceptors (Lipinski definition) is 8. The van der Waals surface area contributed by atoms with E-state index in [-0.39, 0.29) is 17.0 Å². The summed E-state index contributed by atoms with van der Waals surface area (Å²) in [6, 6.07) is 21.8. The summed E-state index contributed by atoms with van der Waals surface area (Å²) in [4.78, 5) is 32.8. The van der Waals surface area contributed by atoms with Crippen molar-refractivity contribution in [3.8, 4) is 23.0 Å². The van der Waals surface area contributed by atoms with Crippen LogP contribution < -0.4 is 25.1 Å². The van der Waals surface area contributed by atoms with Crippen LogP contribution in [0.4, 0.5) is 10.1 Å². The van der Waals surface area contributed by atoms with E-state index in [0.717, 1.165) is 50.9 Å². The van der Waals surface area contributed by atoms with Crippen molar-refractivity contribution in [3.05, 3.63) is 119 Å². The van der Waals surface area contributed by atoms with Crippen molar-refractivity contribution in [1.82, 2.24) is 14.5 Å². The van der Waals surface area contributed by atoms with Gasteiger partial charge in [-0.3, -0.25) is 19.5 Å². The number of nitrogens with zero attached hydrogens (tertiary/aromatic N) is 3. The number of pyridine rings is 2. The Morgan fingerprint density at radius 3 is 2.57 bits per heavy atom. The normalized spacial score (nSPS) is 13.3. The monoisotopic (exact) mass is 638 g/mol. The minimum absolute atomic E-state index is 0.0529. The first kappa shape index (κ1) is 31.7. The van der Waals surface area contributed by atoms with Crippen LogP contribution in [-0.4, -0.2) is 66.9 Å². The van der Waals surface area contributed by atoms with E-state index in [4.69, 9.17) is 18.9 Å². The Bertz CT molecular complexity index is 1910. The molecule has 0 atom stereocenters. The van der Waals surface area contributed by atoms with E-state index in [9.17, 15) is 9.59 Å². The van der Waals surface area contributed by atoms with Crippen molar-refractivity contribution in [3.63, 3.8) is 0 Å². The lowest BCUT2D eigenvalue weighted by atomic mass is 10.1. The number of carbonyl (C=O) groups excluding carboxylic acids is 1. The molecule has 1 amide bonds. The molecule has 10 nitrogen and oxygen atoms in total. The Labute approximate surface area is 271 Å². The van der Waals surface area contributed by atoms with E-state index in [0.29, 0.717) is 41.3 Å². The third kappa shape index (κ3) is 7.76. The van der Waals surface area contributed by atoms with Gasteiger partial charge >= 0.3 is 0 Å². The number of rotatable bonds is 12. The Kier molecular flexibility index (Phi) is 10.0. The SMILES string of the molecule is COc1cc2c(Oc3ccc(NC(=O)c4cccn(Cc5ccccc5)c4=O)cc3F)ccnc2cc1OCCCN1CCOCC1. The summed E-state index contributed by atoms with van der Waals surface area (Å²) >= 11 is 0. The fraction of sp³-hybridized carbons (Fsp3) is 0.250. The maximum atomic E-state index is 15.3. The molecular formula is C36H35FN4O6. The summed E-state index contributed by atoms with van der Waals surface area (Å²) in [6.07, 6.45) is 4.05. The number of nitrogens with one attached hydrogen (secondary N) is 1. The molecule has 47 heavy (non-hydrogen) atoms. The maximum absolute atomic E-state index is 15.3. The molecule has 242 valence electrons. The second kappa shape index (κ2) is 14.9. The van der Waals surface area contributed by atoms with Gasteiger partial charge in [-0.15, -0.1) is 0 Å². The zero-order valence-corrected chi connectivity index (χ0v) is 26.0. The van der Waals surface area contributed by atoms with E-state index in [1.54, 1.807) is 43.8 Å². The molecule has 0 unspecified atom stereocenters. The highest BCUT2D eigenvalue weighted by molar-refractivity contribution is 6.04. The first-order chi connectivity index (χ1) is 23.0. The van der Waals surface area contributed by atoms with E-state index < -0.39 is 17.3 Å². The van der Waals surface area contributed by atoms with Gasteiger partial charge < -0.3 is 28.8 Å². The number of aromatic nitrogens is 2. The number of benzene rings is 3. The molecule has 3 heterocycles. The van der Waals surface area contributed by atoms with Gasteiger partial charge in [-0.2, -0.15) is 0 Å². The van der Waals surface area contributed by atoms with Crippen LogP contribution in [0, 0.1) is 5.82 Å². The highest BCUT2D eigenvalue weighted by Gasteiger charge is 2.17. The van der Waals surface area contributed by atoms with Crippen molar-refractivity contribution in [2.75, 3.05) is 51.9 Å². The van der Waals surface area contributed by atoms with Crippen molar-refractivity contribution in [2.24, 2.45) is 0 Å². The molecule has 1 N–H and O–H groups in total. The van der Waals surface area contributed by atoms with E-state index in [2.05, 4.69) is 15.2 Å². The van der Waals surface area contributed by atoms with Crippen LogP contribution >= 0.6 is 0 Å². The number of halogens is 1.